The lowest BCUT2D eigenvalue weighted by atomic mass is 10.1. The number of aromatic nitrogens is 3. The van der Waals surface area contributed by atoms with Crippen molar-refractivity contribution in [2.24, 2.45) is 0 Å². The molecule has 5 nitrogen and oxygen atoms in total. The van der Waals surface area contributed by atoms with Crippen molar-refractivity contribution in [3.8, 4) is 17.3 Å². The molecular formula is C16H15N5S. The molecule has 0 bridgehead atoms. The Balaban J connectivity index is 2.41. The van der Waals surface area contributed by atoms with Crippen LogP contribution in [-0.2, 0) is 6.54 Å². The fourth-order valence-corrected chi connectivity index (χ4v) is 2.89. The Hall–Kier alpha value is -2.49. The van der Waals surface area contributed by atoms with E-state index in [0.29, 0.717) is 22.3 Å². The predicted molar refractivity (Wildman–Crippen MR) is 89.0 cm³/mol. The molecule has 0 aliphatic rings. The van der Waals surface area contributed by atoms with Crippen molar-refractivity contribution in [2.45, 2.75) is 6.54 Å². The maximum absolute atomic E-state index is 9.64. The zero-order chi connectivity index (χ0) is 15.5. The fraction of sp³-hybridized carbons (Fsp3) is 0.188. The van der Waals surface area contributed by atoms with Crippen LogP contribution in [0.5, 0.6) is 0 Å². The molecule has 3 rings (SSSR count). The summed E-state index contributed by atoms with van der Waals surface area (Å²) >= 11 is 5.42. The van der Waals surface area contributed by atoms with E-state index in [9.17, 15) is 5.26 Å². The first-order valence-corrected chi connectivity index (χ1v) is 7.38. The molecule has 0 saturated heterocycles. The largest absolute Gasteiger partial charge is 0.336 e. The molecule has 0 fully saturated rings. The van der Waals surface area contributed by atoms with Crippen molar-refractivity contribution in [1.29, 1.82) is 5.26 Å². The van der Waals surface area contributed by atoms with Crippen LogP contribution in [0, 0.1) is 16.0 Å². The van der Waals surface area contributed by atoms with Gasteiger partial charge in [0.1, 0.15) is 27.3 Å². The van der Waals surface area contributed by atoms with E-state index in [1.807, 2.05) is 37.4 Å². The molecule has 0 aliphatic heterocycles. The molecule has 2 N–H and O–H groups in total. The third-order valence-electron chi connectivity index (χ3n) is 3.59. The molecular weight excluding hydrogens is 294 g/mol. The molecule has 22 heavy (non-hydrogen) atoms. The highest BCUT2D eigenvalue weighted by Crippen LogP contribution is 2.32. The van der Waals surface area contributed by atoms with Gasteiger partial charge in [-0.05, 0) is 12.6 Å². The molecule has 2 heterocycles. The van der Waals surface area contributed by atoms with E-state index in [1.54, 1.807) is 6.33 Å². The normalized spacial score (nSPS) is 10.7. The minimum Gasteiger partial charge on any atom is -0.336 e. The molecule has 0 aliphatic carbocycles. The lowest BCUT2D eigenvalue weighted by molar-refractivity contribution is 0.665. The van der Waals surface area contributed by atoms with Gasteiger partial charge in [0.2, 0.25) is 0 Å². The van der Waals surface area contributed by atoms with Crippen molar-refractivity contribution in [2.75, 3.05) is 13.6 Å². The number of nitrogens with zero attached hydrogens (tertiary/aromatic N) is 3. The number of hydrogen-bond acceptors (Lipinski definition) is 4. The second-order valence-electron chi connectivity index (χ2n) is 4.89. The minimum atomic E-state index is 0.567. The molecule has 0 amide bonds. The third kappa shape index (κ3) is 2.30. The van der Waals surface area contributed by atoms with Crippen molar-refractivity contribution in [3.05, 3.63) is 46.9 Å². The van der Waals surface area contributed by atoms with Crippen LogP contribution < -0.4 is 5.32 Å². The van der Waals surface area contributed by atoms with Gasteiger partial charge >= 0.3 is 0 Å². The summed E-state index contributed by atoms with van der Waals surface area (Å²) in [7, 11) is 1.90. The first-order valence-electron chi connectivity index (χ1n) is 6.98. The SMILES string of the molecule is CNCCn1c(-c2ccccc2)c(C#N)c2nc[nH]c(=S)c21. The smallest absolute Gasteiger partial charge is 0.130 e. The summed E-state index contributed by atoms with van der Waals surface area (Å²) < 4.78 is 2.67. The Morgan fingerprint density at radius 1 is 1.36 bits per heavy atom. The number of hydrogen-bond donors (Lipinski definition) is 2. The highest BCUT2D eigenvalue weighted by molar-refractivity contribution is 7.71. The van der Waals surface area contributed by atoms with Crippen molar-refractivity contribution in [1.82, 2.24) is 19.9 Å². The molecule has 1 aromatic carbocycles. The first kappa shape index (κ1) is 14.4. The standard InChI is InChI=1S/C16H15N5S/c1-18-7-8-21-14(11-5-3-2-4-6-11)12(9-17)13-15(21)16(22)20-10-19-13/h2-6,10,18H,7-8H2,1H3,(H,19,20,22). The van der Waals surface area contributed by atoms with E-state index < -0.39 is 0 Å². The van der Waals surface area contributed by atoms with Gasteiger partial charge in [0.15, 0.2) is 0 Å². The van der Waals surface area contributed by atoms with Gasteiger partial charge in [-0.3, -0.25) is 0 Å². The zero-order valence-corrected chi connectivity index (χ0v) is 12.9. The number of nitriles is 1. The highest BCUT2D eigenvalue weighted by Gasteiger charge is 2.20. The number of aromatic amines is 1. The molecule has 6 heteroatoms. The van der Waals surface area contributed by atoms with Crippen molar-refractivity contribution in [3.63, 3.8) is 0 Å². The summed E-state index contributed by atoms with van der Waals surface area (Å²) in [6.45, 7) is 1.49. The van der Waals surface area contributed by atoms with Crippen LogP contribution in [0.25, 0.3) is 22.3 Å². The second kappa shape index (κ2) is 6.10. The lowest BCUT2D eigenvalue weighted by Crippen LogP contribution is -2.15. The quantitative estimate of drug-likeness (QED) is 0.727. The maximum Gasteiger partial charge on any atom is 0.130 e. The van der Waals surface area contributed by atoms with Gasteiger partial charge in [-0.25, -0.2) is 4.98 Å². The number of nitrogens with one attached hydrogen (secondary N) is 2. The average Bonchev–Trinajstić information content (AvgIpc) is 2.88. The van der Waals surface area contributed by atoms with E-state index >= 15 is 0 Å². The topological polar surface area (TPSA) is 69.4 Å². The molecule has 3 aromatic rings. The van der Waals surface area contributed by atoms with Crippen LogP contribution in [0.3, 0.4) is 0 Å². The van der Waals surface area contributed by atoms with E-state index in [4.69, 9.17) is 12.2 Å². The van der Waals surface area contributed by atoms with Crippen LogP contribution in [0.1, 0.15) is 5.56 Å². The van der Waals surface area contributed by atoms with E-state index in [1.165, 1.54) is 0 Å². The maximum atomic E-state index is 9.64. The molecule has 0 unspecified atom stereocenters. The Kier molecular flexibility index (Phi) is 4.00. The number of fused-ring (bicyclic) bond motifs is 1. The summed E-state index contributed by atoms with van der Waals surface area (Å²) in [5.74, 6) is 0. The number of H-pyrrole nitrogens is 1. The number of likely N-dealkylation sites (N-methyl/N-ethyl adjacent to an activating group) is 1. The van der Waals surface area contributed by atoms with E-state index in [2.05, 4.69) is 25.9 Å². The molecule has 0 radical (unpaired) electrons. The Morgan fingerprint density at radius 2 is 2.14 bits per heavy atom. The van der Waals surface area contributed by atoms with Crippen LogP contribution in [0.2, 0.25) is 0 Å². The highest BCUT2D eigenvalue weighted by atomic mass is 32.1. The van der Waals surface area contributed by atoms with Gasteiger partial charge in [0, 0.05) is 13.1 Å². The average molecular weight is 309 g/mol. The van der Waals surface area contributed by atoms with Gasteiger partial charge in [-0.1, -0.05) is 42.5 Å². The minimum absolute atomic E-state index is 0.567. The van der Waals surface area contributed by atoms with Gasteiger partial charge in [0.25, 0.3) is 0 Å². The van der Waals surface area contributed by atoms with Gasteiger partial charge in [-0.15, -0.1) is 0 Å². The number of benzene rings is 1. The first-order chi connectivity index (χ1) is 10.8. The van der Waals surface area contributed by atoms with Gasteiger partial charge in [0.05, 0.1) is 12.0 Å². The molecule has 0 saturated carbocycles. The summed E-state index contributed by atoms with van der Waals surface area (Å²) in [5.41, 5.74) is 3.89. The van der Waals surface area contributed by atoms with Gasteiger partial charge in [-0.2, -0.15) is 5.26 Å². The van der Waals surface area contributed by atoms with Crippen LogP contribution in [-0.4, -0.2) is 28.1 Å². The predicted octanol–water partition coefficient (Wildman–Crippen LogP) is 2.85. The van der Waals surface area contributed by atoms with Crippen LogP contribution >= 0.6 is 12.2 Å². The molecule has 110 valence electrons. The summed E-state index contributed by atoms with van der Waals surface area (Å²) in [5, 5.41) is 12.8. The Morgan fingerprint density at radius 3 is 2.82 bits per heavy atom. The second-order valence-corrected chi connectivity index (χ2v) is 5.29. The molecule has 0 atom stereocenters. The zero-order valence-electron chi connectivity index (χ0n) is 12.1. The van der Waals surface area contributed by atoms with Crippen molar-refractivity contribution < 1.29 is 0 Å². The Bertz CT molecular complexity index is 902. The van der Waals surface area contributed by atoms with E-state index in [-0.39, 0.29) is 0 Å². The summed E-state index contributed by atoms with van der Waals surface area (Å²) in [6, 6.07) is 12.2. The fourth-order valence-electron chi connectivity index (χ4n) is 2.63. The molecule has 0 spiro atoms. The Labute approximate surface area is 133 Å². The van der Waals surface area contributed by atoms with Crippen molar-refractivity contribution >= 4 is 23.3 Å². The summed E-state index contributed by atoms with van der Waals surface area (Å²) in [6.07, 6.45) is 1.54. The van der Waals surface area contributed by atoms with Crippen LogP contribution in [0.15, 0.2) is 36.7 Å². The van der Waals surface area contributed by atoms with E-state index in [0.717, 1.165) is 23.3 Å². The summed E-state index contributed by atoms with van der Waals surface area (Å²) in [4.78, 5) is 7.30. The third-order valence-corrected chi connectivity index (χ3v) is 3.90. The molecule has 2 aromatic heterocycles. The van der Waals surface area contributed by atoms with Gasteiger partial charge < -0.3 is 14.9 Å². The lowest BCUT2D eigenvalue weighted by Gasteiger charge is -2.10. The number of rotatable bonds is 4. The monoisotopic (exact) mass is 309 g/mol. The van der Waals surface area contributed by atoms with Crippen LogP contribution in [0.4, 0.5) is 0 Å².